The van der Waals surface area contributed by atoms with Gasteiger partial charge in [0.15, 0.2) is 5.76 Å². The summed E-state index contributed by atoms with van der Waals surface area (Å²) in [6.45, 7) is 3.04. The molecule has 2 aromatic carbocycles. The van der Waals surface area contributed by atoms with E-state index in [1.807, 2.05) is 55.5 Å². The van der Waals surface area contributed by atoms with Crippen molar-refractivity contribution >= 4 is 17.5 Å². The molecule has 1 N–H and O–H groups in total. The molecule has 0 saturated carbocycles. The maximum atomic E-state index is 12.7. The number of carbonyl (C=O) groups excluding carboxylic acids is 2. The fourth-order valence-corrected chi connectivity index (χ4v) is 3.60. The Morgan fingerprint density at radius 2 is 1.90 bits per heavy atom. The van der Waals surface area contributed by atoms with Crippen molar-refractivity contribution in [1.82, 2.24) is 4.90 Å². The second kappa shape index (κ2) is 8.86. The molecule has 0 radical (unpaired) electrons. The van der Waals surface area contributed by atoms with Gasteiger partial charge in [0.05, 0.1) is 12.2 Å². The van der Waals surface area contributed by atoms with Gasteiger partial charge in [-0.3, -0.25) is 9.59 Å². The molecule has 1 aromatic heterocycles. The molecule has 4 rings (SSSR count). The number of hydrogen-bond donors (Lipinski definition) is 1. The van der Waals surface area contributed by atoms with Crippen LogP contribution in [0.5, 0.6) is 11.5 Å². The molecular formula is C24H24N2O4. The molecule has 2 amide bonds. The smallest absolute Gasteiger partial charge is 0.289 e. The molecule has 30 heavy (non-hydrogen) atoms. The van der Waals surface area contributed by atoms with Crippen LogP contribution in [0, 0.1) is 12.8 Å². The van der Waals surface area contributed by atoms with Gasteiger partial charge in [0.2, 0.25) is 5.91 Å². The number of aryl methyl sites for hydroxylation is 1. The molecule has 0 bridgehead atoms. The van der Waals surface area contributed by atoms with E-state index in [1.165, 1.54) is 6.26 Å². The molecule has 1 atom stereocenters. The average Bonchev–Trinajstić information content (AvgIpc) is 3.30. The number of nitrogens with one attached hydrogen (secondary N) is 1. The van der Waals surface area contributed by atoms with E-state index >= 15 is 0 Å². The van der Waals surface area contributed by atoms with Gasteiger partial charge < -0.3 is 19.4 Å². The first-order valence-corrected chi connectivity index (χ1v) is 10.1. The van der Waals surface area contributed by atoms with Crippen LogP contribution in [0.4, 0.5) is 5.69 Å². The predicted octanol–water partition coefficient (Wildman–Crippen LogP) is 4.87. The largest absolute Gasteiger partial charge is 0.459 e. The summed E-state index contributed by atoms with van der Waals surface area (Å²) >= 11 is 0. The summed E-state index contributed by atoms with van der Waals surface area (Å²) < 4.78 is 11.0. The third kappa shape index (κ3) is 4.71. The zero-order chi connectivity index (χ0) is 20.9. The van der Waals surface area contributed by atoms with Crippen molar-refractivity contribution in [3.8, 4) is 11.5 Å². The Bertz CT molecular complexity index is 1010. The third-order valence-electron chi connectivity index (χ3n) is 5.16. The summed E-state index contributed by atoms with van der Waals surface area (Å²) in [6.07, 6.45) is 3.02. The number of hydrogen-bond acceptors (Lipinski definition) is 4. The normalized spacial score (nSPS) is 16.2. The lowest BCUT2D eigenvalue weighted by atomic mass is 9.96. The summed E-state index contributed by atoms with van der Waals surface area (Å²) in [4.78, 5) is 26.9. The molecule has 1 saturated heterocycles. The molecule has 1 aliphatic rings. The highest BCUT2D eigenvalue weighted by Crippen LogP contribution is 2.25. The Labute approximate surface area is 175 Å². The number of nitrogens with zero attached hydrogens (tertiary/aromatic N) is 1. The third-order valence-corrected chi connectivity index (χ3v) is 5.16. The summed E-state index contributed by atoms with van der Waals surface area (Å²) in [5.41, 5.74) is 1.83. The highest BCUT2D eigenvalue weighted by molar-refractivity contribution is 5.95. The van der Waals surface area contributed by atoms with Crippen LogP contribution < -0.4 is 10.1 Å². The summed E-state index contributed by atoms with van der Waals surface area (Å²) in [7, 11) is 0. The second-order valence-electron chi connectivity index (χ2n) is 7.50. The number of ether oxygens (including phenoxy) is 1. The first-order valence-electron chi connectivity index (χ1n) is 10.1. The van der Waals surface area contributed by atoms with Gasteiger partial charge in [-0.05, 0) is 73.9 Å². The fraction of sp³-hybridized carbons (Fsp3) is 0.250. The average molecular weight is 404 g/mol. The van der Waals surface area contributed by atoms with E-state index in [0.29, 0.717) is 30.3 Å². The Kier molecular flexibility index (Phi) is 5.84. The summed E-state index contributed by atoms with van der Waals surface area (Å²) in [6, 6.07) is 18.5. The van der Waals surface area contributed by atoms with E-state index in [2.05, 4.69) is 5.32 Å². The SMILES string of the molecule is Cc1cccc(Oc2ccc(NC(=O)[C@H]3CCCN(C(=O)c4ccco4)C3)cc2)c1. The minimum absolute atomic E-state index is 0.0840. The van der Waals surface area contributed by atoms with Gasteiger partial charge in [-0.1, -0.05) is 12.1 Å². The molecule has 154 valence electrons. The van der Waals surface area contributed by atoms with Gasteiger partial charge in [0.25, 0.3) is 5.91 Å². The first-order chi connectivity index (χ1) is 14.6. The van der Waals surface area contributed by atoms with E-state index in [0.717, 1.165) is 24.2 Å². The molecule has 0 spiro atoms. The lowest BCUT2D eigenvalue weighted by Crippen LogP contribution is -2.43. The number of amides is 2. The highest BCUT2D eigenvalue weighted by Gasteiger charge is 2.29. The number of anilines is 1. The van der Waals surface area contributed by atoms with Gasteiger partial charge in [0.1, 0.15) is 11.5 Å². The highest BCUT2D eigenvalue weighted by atomic mass is 16.5. The van der Waals surface area contributed by atoms with Crippen LogP contribution in [0.25, 0.3) is 0 Å². The van der Waals surface area contributed by atoms with Crippen molar-refractivity contribution in [3.05, 3.63) is 78.3 Å². The van der Waals surface area contributed by atoms with Crippen molar-refractivity contribution in [2.24, 2.45) is 5.92 Å². The molecule has 6 nitrogen and oxygen atoms in total. The first kappa shape index (κ1) is 19.8. The second-order valence-corrected chi connectivity index (χ2v) is 7.50. The minimum atomic E-state index is -0.249. The zero-order valence-electron chi connectivity index (χ0n) is 16.8. The van der Waals surface area contributed by atoms with Crippen molar-refractivity contribution in [1.29, 1.82) is 0 Å². The van der Waals surface area contributed by atoms with Crippen LogP contribution in [0.1, 0.15) is 29.0 Å². The number of likely N-dealkylation sites (tertiary alicyclic amines) is 1. The van der Waals surface area contributed by atoms with E-state index in [4.69, 9.17) is 9.15 Å². The van der Waals surface area contributed by atoms with Crippen LogP contribution in [-0.2, 0) is 4.79 Å². The number of rotatable bonds is 5. The van der Waals surface area contributed by atoms with Gasteiger partial charge in [-0.15, -0.1) is 0 Å². The van der Waals surface area contributed by atoms with Crippen molar-refractivity contribution in [2.45, 2.75) is 19.8 Å². The lowest BCUT2D eigenvalue weighted by Gasteiger charge is -2.31. The van der Waals surface area contributed by atoms with Crippen molar-refractivity contribution in [2.75, 3.05) is 18.4 Å². The topological polar surface area (TPSA) is 71.8 Å². The monoisotopic (exact) mass is 404 g/mol. The maximum absolute atomic E-state index is 12.7. The van der Waals surface area contributed by atoms with Crippen LogP contribution in [0.2, 0.25) is 0 Å². The number of benzene rings is 2. The van der Waals surface area contributed by atoms with Crippen molar-refractivity contribution < 1.29 is 18.7 Å². The maximum Gasteiger partial charge on any atom is 0.289 e. The Balaban J connectivity index is 1.34. The van der Waals surface area contributed by atoms with Crippen LogP contribution in [-0.4, -0.2) is 29.8 Å². The van der Waals surface area contributed by atoms with Crippen LogP contribution in [0.15, 0.2) is 71.3 Å². The number of carbonyl (C=O) groups is 2. The van der Waals surface area contributed by atoms with E-state index in [-0.39, 0.29) is 17.7 Å². The van der Waals surface area contributed by atoms with Crippen LogP contribution in [0.3, 0.4) is 0 Å². The van der Waals surface area contributed by atoms with Gasteiger partial charge in [0, 0.05) is 18.8 Å². The fourth-order valence-electron chi connectivity index (χ4n) is 3.60. The van der Waals surface area contributed by atoms with E-state index in [1.54, 1.807) is 17.0 Å². The predicted molar refractivity (Wildman–Crippen MR) is 114 cm³/mol. The molecule has 2 heterocycles. The van der Waals surface area contributed by atoms with Crippen LogP contribution >= 0.6 is 0 Å². The number of furan rings is 1. The summed E-state index contributed by atoms with van der Waals surface area (Å²) in [5, 5.41) is 2.95. The molecule has 1 fully saturated rings. The molecule has 0 aliphatic carbocycles. The summed E-state index contributed by atoms with van der Waals surface area (Å²) in [5.74, 6) is 1.28. The van der Waals surface area contributed by atoms with E-state index in [9.17, 15) is 9.59 Å². The Morgan fingerprint density at radius 3 is 2.63 bits per heavy atom. The van der Waals surface area contributed by atoms with Gasteiger partial charge >= 0.3 is 0 Å². The molecule has 6 heteroatoms. The van der Waals surface area contributed by atoms with Gasteiger partial charge in [-0.2, -0.15) is 0 Å². The Hall–Kier alpha value is -3.54. The number of piperidine rings is 1. The molecule has 1 aliphatic heterocycles. The molecular weight excluding hydrogens is 380 g/mol. The zero-order valence-corrected chi connectivity index (χ0v) is 16.8. The van der Waals surface area contributed by atoms with E-state index < -0.39 is 0 Å². The lowest BCUT2D eigenvalue weighted by molar-refractivity contribution is -0.121. The minimum Gasteiger partial charge on any atom is -0.459 e. The Morgan fingerprint density at radius 1 is 1.07 bits per heavy atom. The standard InChI is InChI=1S/C24H24N2O4/c1-17-5-2-7-21(15-17)30-20-11-9-19(10-12-20)25-23(27)18-6-3-13-26(16-18)24(28)22-8-4-14-29-22/h2,4-5,7-12,14-15,18H,3,6,13,16H2,1H3,(H,25,27)/t18-/m0/s1. The quantitative estimate of drug-likeness (QED) is 0.658. The molecule has 0 unspecified atom stereocenters. The molecule has 3 aromatic rings. The van der Waals surface area contributed by atoms with Gasteiger partial charge in [-0.25, -0.2) is 0 Å². The van der Waals surface area contributed by atoms with Crippen molar-refractivity contribution in [3.63, 3.8) is 0 Å².